The largest absolute Gasteiger partial charge is 0.390 e. The normalized spacial score (nSPS) is 14.4. The lowest BCUT2D eigenvalue weighted by atomic mass is 10.00. The fraction of sp³-hybridized carbons (Fsp3) is 0.458. The first-order valence-corrected chi connectivity index (χ1v) is 11.0. The fourth-order valence-electron chi connectivity index (χ4n) is 3.73. The Morgan fingerprint density at radius 1 is 1.19 bits per heavy atom. The van der Waals surface area contributed by atoms with Crippen molar-refractivity contribution in [2.24, 2.45) is 0 Å². The van der Waals surface area contributed by atoms with E-state index in [4.69, 9.17) is 0 Å². The molecule has 8 nitrogen and oxygen atoms in total. The smallest absolute Gasteiger partial charge is 0.251 e. The molecule has 0 spiro atoms. The highest BCUT2D eigenvalue weighted by Gasteiger charge is 2.19. The van der Waals surface area contributed by atoms with E-state index in [2.05, 4.69) is 33.4 Å². The van der Waals surface area contributed by atoms with Gasteiger partial charge in [-0.2, -0.15) is 0 Å². The molecule has 1 atom stereocenters. The molecule has 2 aromatic rings. The number of aliphatic hydroxyl groups excluding tert-OH is 1. The lowest BCUT2D eigenvalue weighted by molar-refractivity contribution is -0.127. The van der Waals surface area contributed by atoms with Crippen LogP contribution in [-0.2, 0) is 17.8 Å². The first kappa shape index (κ1) is 23.7. The molecule has 0 fully saturated rings. The first-order valence-electron chi connectivity index (χ1n) is 11.0. The lowest BCUT2D eigenvalue weighted by Crippen LogP contribution is -2.42. The predicted octanol–water partition coefficient (Wildman–Crippen LogP) is 1.15. The number of hydrogen-bond acceptors (Lipinski definition) is 6. The Balaban J connectivity index is 1.47. The third kappa shape index (κ3) is 6.51. The predicted molar refractivity (Wildman–Crippen MR) is 125 cm³/mol. The van der Waals surface area contributed by atoms with E-state index in [1.807, 2.05) is 18.0 Å². The average molecular weight is 440 g/mol. The van der Waals surface area contributed by atoms with Crippen LogP contribution in [0.4, 0.5) is 5.82 Å². The van der Waals surface area contributed by atoms with E-state index >= 15 is 0 Å². The van der Waals surface area contributed by atoms with E-state index in [0.717, 1.165) is 19.5 Å². The van der Waals surface area contributed by atoms with Crippen molar-refractivity contribution >= 4 is 17.6 Å². The molecule has 172 valence electrons. The fourth-order valence-corrected chi connectivity index (χ4v) is 3.73. The van der Waals surface area contributed by atoms with Gasteiger partial charge in [-0.3, -0.25) is 14.5 Å². The maximum Gasteiger partial charge on any atom is 0.251 e. The second-order valence-electron chi connectivity index (χ2n) is 8.38. The Kier molecular flexibility index (Phi) is 8.19. The molecule has 1 aromatic carbocycles. The topological polar surface area (TPSA) is 89.0 Å². The van der Waals surface area contributed by atoms with Crippen molar-refractivity contribution in [2.45, 2.75) is 26.0 Å². The molecule has 1 aliphatic heterocycles. The minimum Gasteiger partial charge on any atom is -0.390 e. The van der Waals surface area contributed by atoms with Crippen LogP contribution in [0.15, 0.2) is 42.6 Å². The molecule has 1 aromatic heterocycles. The van der Waals surface area contributed by atoms with E-state index in [0.29, 0.717) is 31.0 Å². The Labute approximate surface area is 189 Å². The molecule has 1 aliphatic rings. The summed E-state index contributed by atoms with van der Waals surface area (Å²) in [6.45, 7) is 5.13. The summed E-state index contributed by atoms with van der Waals surface area (Å²) in [6, 6.07) is 11.8. The number of rotatable bonds is 9. The van der Waals surface area contributed by atoms with E-state index in [9.17, 15) is 14.7 Å². The standard InChI is InChI=1S/C24H33N5O3/c1-18(30)27(2)12-13-28(3)23-14-20(8-10-25-23)24(32)26-15-22(31)17-29-11-9-19-6-4-5-7-21(19)16-29/h4-8,10,14,22,31H,9,11-13,15-17H2,1-3H3,(H,26,32)/t22-/m0/s1. The number of hydrogen-bond donors (Lipinski definition) is 2. The number of pyridine rings is 1. The maximum atomic E-state index is 12.6. The van der Waals surface area contributed by atoms with E-state index in [-0.39, 0.29) is 18.4 Å². The summed E-state index contributed by atoms with van der Waals surface area (Å²) in [5, 5.41) is 13.3. The third-order valence-electron chi connectivity index (χ3n) is 5.88. The van der Waals surface area contributed by atoms with Crippen LogP contribution in [0.1, 0.15) is 28.4 Å². The van der Waals surface area contributed by atoms with Gasteiger partial charge in [0, 0.05) is 72.0 Å². The summed E-state index contributed by atoms with van der Waals surface area (Å²) < 4.78 is 0. The molecule has 2 heterocycles. The molecular formula is C24H33N5O3. The second kappa shape index (κ2) is 11.1. The van der Waals surface area contributed by atoms with Crippen LogP contribution in [0.25, 0.3) is 0 Å². The van der Waals surface area contributed by atoms with Crippen molar-refractivity contribution in [3.63, 3.8) is 0 Å². The highest BCUT2D eigenvalue weighted by atomic mass is 16.3. The molecule has 0 saturated carbocycles. The Morgan fingerprint density at radius 3 is 2.69 bits per heavy atom. The number of nitrogens with one attached hydrogen (secondary N) is 1. The Morgan fingerprint density at radius 2 is 1.94 bits per heavy atom. The van der Waals surface area contributed by atoms with Crippen LogP contribution in [0.2, 0.25) is 0 Å². The minimum absolute atomic E-state index is 0.00630. The van der Waals surface area contributed by atoms with E-state index in [1.165, 1.54) is 18.1 Å². The SMILES string of the molecule is CC(=O)N(C)CCN(C)c1cc(C(=O)NC[C@H](O)CN2CCc3ccccc3C2)ccn1. The zero-order valence-electron chi connectivity index (χ0n) is 19.1. The van der Waals surface area contributed by atoms with Gasteiger partial charge in [-0.05, 0) is 29.7 Å². The molecule has 32 heavy (non-hydrogen) atoms. The van der Waals surface area contributed by atoms with Crippen molar-refractivity contribution in [1.29, 1.82) is 0 Å². The zero-order valence-corrected chi connectivity index (χ0v) is 19.1. The highest BCUT2D eigenvalue weighted by Crippen LogP contribution is 2.18. The average Bonchev–Trinajstić information content (AvgIpc) is 2.80. The minimum atomic E-state index is -0.643. The van der Waals surface area contributed by atoms with Gasteiger partial charge in [-0.1, -0.05) is 24.3 Å². The van der Waals surface area contributed by atoms with Crippen LogP contribution in [-0.4, -0.2) is 84.6 Å². The number of benzene rings is 1. The van der Waals surface area contributed by atoms with E-state index in [1.54, 1.807) is 30.3 Å². The van der Waals surface area contributed by atoms with Gasteiger partial charge >= 0.3 is 0 Å². The molecule has 0 unspecified atom stereocenters. The van der Waals surface area contributed by atoms with Gasteiger partial charge in [-0.25, -0.2) is 4.98 Å². The number of amides is 2. The van der Waals surface area contributed by atoms with Crippen LogP contribution in [0.5, 0.6) is 0 Å². The molecule has 2 amide bonds. The molecule has 0 bridgehead atoms. The van der Waals surface area contributed by atoms with Crippen molar-refractivity contribution < 1.29 is 14.7 Å². The van der Waals surface area contributed by atoms with Gasteiger partial charge in [0.05, 0.1) is 6.10 Å². The van der Waals surface area contributed by atoms with Crippen LogP contribution in [0.3, 0.4) is 0 Å². The summed E-state index contributed by atoms with van der Waals surface area (Å²) in [4.78, 5) is 34.0. The Hall–Kier alpha value is -2.97. The number of likely N-dealkylation sites (N-methyl/N-ethyl adjacent to an activating group) is 2. The van der Waals surface area contributed by atoms with Crippen LogP contribution in [0, 0.1) is 0 Å². The summed E-state index contributed by atoms with van der Waals surface area (Å²) in [6.07, 6.45) is 1.93. The zero-order chi connectivity index (χ0) is 23.1. The van der Waals surface area contributed by atoms with Gasteiger partial charge in [0.2, 0.25) is 5.91 Å². The number of fused-ring (bicyclic) bond motifs is 1. The second-order valence-corrected chi connectivity index (χ2v) is 8.38. The van der Waals surface area contributed by atoms with Gasteiger partial charge in [0.15, 0.2) is 0 Å². The number of carbonyl (C=O) groups excluding carboxylic acids is 2. The number of aliphatic hydroxyl groups is 1. The molecule has 3 rings (SSSR count). The van der Waals surface area contributed by atoms with Crippen LogP contribution < -0.4 is 10.2 Å². The van der Waals surface area contributed by atoms with Crippen molar-refractivity contribution in [3.05, 3.63) is 59.3 Å². The van der Waals surface area contributed by atoms with Gasteiger partial charge < -0.3 is 20.2 Å². The van der Waals surface area contributed by atoms with E-state index < -0.39 is 6.10 Å². The summed E-state index contributed by atoms with van der Waals surface area (Å²) in [7, 11) is 3.62. The van der Waals surface area contributed by atoms with Gasteiger partial charge in [0.25, 0.3) is 5.91 Å². The van der Waals surface area contributed by atoms with Crippen molar-refractivity contribution in [3.8, 4) is 0 Å². The number of carbonyl (C=O) groups is 2. The summed E-state index contributed by atoms with van der Waals surface area (Å²) >= 11 is 0. The number of aromatic nitrogens is 1. The lowest BCUT2D eigenvalue weighted by Gasteiger charge is -2.30. The Bertz CT molecular complexity index is 935. The summed E-state index contributed by atoms with van der Waals surface area (Å²) in [5.41, 5.74) is 3.16. The molecule has 8 heteroatoms. The quantitative estimate of drug-likeness (QED) is 0.609. The molecule has 0 aliphatic carbocycles. The summed E-state index contributed by atoms with van der Waals surface area (Å²) in [5.74, 6) is 0.417. The number of anilines is 1. The van der Waals surface area contributed by atoms with Crippen molar-refractivity contribution in [2.75, 3.05) is 51.7 Å². The maximum absolute atomic E-state index is 12.6. The first-order chi connectivity index (χ1) is 15.3. The highest BCUT2D eigenvalue weighted by molar-refractivity contribution is 5.94. The van der Waals surface area contributed by atoms with Gasteiger partial charge in [-0.15, -0.1) is 0 Å². The number of nitrogens with zero attached hydrogens (tertiary/aromatic N) is 4. The van der Waals surface area contributed by atoms with Crippen LogP contribution >= 0.6 is 0 Å². The molecule has 0 radical (unpaired) electrons. The molecule has 0 saturated heterocycles. The monoisotopic (exact) mass is 439 g/mol. The third-order valence-corrected chi connectivity index (χ3v) is 5.88. The van der Waals surface area contributed by atoms with Crippen molar-refractivity contribution in [1.82, 2.24) is 20.1 Å². The van der Waals surface area contributed by atoms with Gasteiger partial charge in [0.1, 0.15) is 5.82 Å². The molecular weight excluding hydrogens is 406 g/mol. The molecule has 2 N–H and O–H groups in total. The number of β-amino-alcohol motifs (C(OH)–C–C–N with tert-alkyl or cyclic N) is 1.